The van der Waals surface area contributed by atoms with Crippen molar-refractivity contribution in [2.75, 3.05) is 0 Å². The maximum absolute atomic E-state index is 7.46. The average Bonchev–Trinajstić information content (AvgIpc) is 2.45. The van der Waals surface area contributed by atoms with Gasteiger partial charge in [-0.05, 0) is 30.4 Å². The minimum absolute atomic E-state index is 0.117. The van der Waals surface area contributed by atoms with Crippen LogP contribution in [0.25, 0.3) is 0 Å². The van der Waals surface area contributed by atoms with Crippen molar-refractivity contribution in [1.82, 2.24) is 0 Å². The summed E-state index contributed by atoms with van der Waals surface area (Å²) in [4.78, 5) is 0. The zero-order chi connectivity index (χ0) is 13.7. The topological polar surface area (TPSA) is 59.1 Å². The molecule has 0 saturated heterocycles. The van der Waals surface area contributed by atoms with Crippen LogP contribution in [0.5, 0.6) is 0 Å². The van der Waals surface area contributed by atoms with Crippen LogP contribution >= 0.6 is 0 Å². The summed E-state index contributed by atoms with van der Waals surface area (Å²) in [6, 6.07) is 7.79. The lowest BCUT2D eigenvalue weighted by atomic mass is 9.85. The van der Waals surface area contributed by atoms with Crippen molar-refractivity contribution in [2.45, 2.75) is 51.7 Å². The molecule has 0 bridgehead atoms. The molecule has 2 unspecified atom stereocenters. The Hall–Kier alpha value is -1.35. The molecule has 0 spiro atoms. The first-order valence-corrected chi connectivity index (χ1v) is 7.25. The Bertz CT molecular complexity index is 431. The summed E-state index contributed by atoms with van der Waals surface area (Å²) in [6.45, 7) is 2.88. The largest absolute Gasteiger partial charge is 0.384 e. The molecule has 104 valence electrons. The zero-order valence-corrected chi connectivity index (χ0v) is 11.7. The lowest BCUT2D eigenvalue weighted by molar-refractivity contribution is -0.0221. The van der Waals surface area contributed by atoms with Crippen molar-refractivity contribution in [1.29, 1.82) is 5.41 Å². The number of nitrogen functional groups attached to an aromatic ring is 1. The van der Waals surface area contributed by atoms with E-state index in [2.05, 4.69) is 6.92 Å². The number of hydrogen-bond acceptors (Lipinski definition) is 2. The fraction of sp³-hybridized carbons (Fsp3) is 0.562. The van der Waals surface area contributed by atoms with Gasteiger partial charge in [-0.15, -0.1) is 0 Å². The highest BCUT2D eigenvalue weighted by Crippen LogP contribution is 2.29. The number of rotatable bonds is 5. The molecule has 1 aliphatic rings. The number of hydrogen-bond donors (Lipinski definition) is 2. The van der Waals surface area contributed by atoms with Gasteiger partial charge in [0, 0.05) is 5.56 Å². The summed E-state index contributed by atoms with van der Waals surface area (Å²) in [5, 5.41) is 7.46. The van der Waals surface area contributed by atoms with Crippen molar-refractivity contribution in [2.24, 2.45) is 11.7 Å². The number of nitrogens with two attached hydrogens (primary N) is 1. The van der Waals surface area contributed by atoms with Crippen LogP contribution in [0.3, 0.4) is 0 Å². The van der Waals surface area contributed by atoms with Gasteiger partial charge in [0.05, 0.1) is 12.7 Å². The van der Waals surface area contributed by atoms with E-state index in [1.54, 1.807) is 0 Å². The first-order chi connectivity index (χ1) is 9.20. The van der Waals surface area contributed by atoms with E-state index in [4.69, 9.17) is 15.9 Å². The van der Waals surface area contributed by atoms with Gasteiger partial charge in [-0.2, -0.15) is 0 Å². The molecule has 1 aromatic carbocycles. The molecular formula is C16H24N2O. The van der Waals surface area contributed by atoms with Crippen LogP contribution < -0.4 is 5.73 Å². The third-order valence-corrected chi connectivity index (χ3v) is 4.07. The molecular weight excluding hydrogens is 236 g/mol. The van der Waals surface area contributed by atoms with Crippen LogP contribution in [-0.4, -0.2) is 11.9 Å². The molecule has 0 heterocycles. The summed E-state index contributed by atoms with van der Waals surface area (Å²) in [7, 11) is 0. The van der Waals surface area contributed by atoms with Gasteiger partial charge in [-0.25, -0.2) is 0 Å². The Morgan fingerprint density at radius 1 is 1.37 bits per heavy atom. The minimum Gasteiger partial charge on any atom is -0.384 e. The average molecular weight is 260 g/mol. The van der Waals surface area contributed by atoms with E-state index in [1.165, 1.54) is 32.1 Å². The number of benzene rings is 1. The maximum atomic E-state index is 7.46. The minimum atomic E-state index is 0.117. The standard InChI is InChI=1S/C16H24N2O/c1-2-13-7-3-4-9-15(13)19-11-12-6-5-8-14(10-12)16(17)18/h5-6,8,10,13,15H,2-4,7,9,11H2,1H3,(H3,17,18). The van der Waals surface area contributed by atoms with Gasteiger partial charge in [0.15, 0.2) is 0 Å². The lowest BCUT2D eigenvalue weighted by Gasteiger charge is -2.30. The monoisotopic (exact) mass is 260 g/mol. The smallest absolute Gasteiger partial charge is 0.122 e. The van der Waals surface area contributed by atoms with E-state index >= 15 is 0 Å². The van der Waals surface area contributed by atoms with Crippen LogP contribution in [0.4, 0.5) is 0 Å². The molecule has 2 rings (SSSR count). The Kier molecular flexibility index (Phi) is 4.97. The van der Waals surface area contributed by atoms with E-state index in [0.717, 1.165) is 11.1 Å². The second-order valence-electron chi connectivity index (χ2n) is 5.42. The normalized spacial score (nSPS) is 23.2. The van der Waals surface area contributed by atoms with Crippen molar-refractivity contribution in [3.63, 3.8) is 0 Å². The van der Waals surface area contributed by atoms with E-state index in [1.807, 2.05) is 24.3 Å². The number of nitrogens with one attached hydrogen (secondary N) is 1. The third-order valence-electron chi connectivity index (χ3n) is 4.07. The fourth-order valence-corrected chi connectivity index (χ4v) is 2.89. The van der Waals surface area contributed by atoms with Gasteiger partial charge < -0.3 is 10.5 Å². The first kappa shape index (κ1) is 14.1. The predicted octanol–water partition coefficient (Wildman–Crippen LogP) is 3.46. The van der Waals surface area contributed by atoms with E-state index in [0.29, 0.717) is 18.6 Å². The lowest BCUT2D eigenvalue weighted by Crippen LogP contribution is -2.27. The van der Waals surface area contributed by atoms with E-state index in [-0.39, 0.29) is 5.84 Å². The highest BCUT2D eigenvalue weighted by Gasteiger charge is 2.24. The molecule has 0 aromatic heterocycles. The van der Waals surface area contributed by atoms with Gasteiger partial charge in [0.2, 0.25) is 0 Å². The highest BCUT2D eigenvalue weighted by molar-refractivity contribution is 5.95. The maximum Gasteiger partial charge on any atom is 0.122 e. The molecule has 3 nitrogen and oxygen atoms in total. The van der Waals surface area contributed by atoms with Crippen LogP contribution in [0, 0.1) is 11.3 Å². The molecule has 1 saturated carbocycles. The zero-order valence-electron chi connectivity index (χ0n) is 11.7. The Labute approximate surface area is 115 Å². The van der Waals surface area contributed by atoms with Crippen molar-refractivity contribution in [3.05, 3.63) is 35.4 Å². The van der Waals surface area contributed by atoms with Crippen molar-refractivity contribution >= 4 is 5.84 Å². The van der Waals surface area contributed by atoms with Gasteiger partial charge in [0.1, 0.15) is 5.84 Å². The summed E-state index contributed by atoms with van der Waals surface area (Å²) in [5.74, 6) is 0.829. The fourth-order valence-electron chi connectivity index (χ4n) is 2.89. The molecule has 1 fully saturated rings. The van der Waals surface area contributed by atoms with Crippen LogP contribution in [0.1, 0.15) is 50.2 Å². The number of ether oxygens (including phenoxy) is 1. The Balaban J connectivity index is 1.94. The quantitative estimate of drug-likeness (QED) is 0.629. The van der Waals surface area contributed by atoms with Crippen LogP contribution in [-0.2, 0) is 11.3 Å². The van der Waals surface area contributed by atoms with E-state index < -0.39 is 0 Å². The summed E-state index contributed by atoms with van der Waals surface area (Å²) in [5.41, 5.74) is 7.39. The first-order valence-electron chi connectivity index (χ1n) is 7.25. The second-order valence-corrected chi connectivity index (χ2v) is 5.42. The van der Waals surface area contributed by atoms with Gasteiger partial charge >= 0.3 is 0 Å². The molecule has 1 aromatic rings. The van der Waals surface area contributed by atoms with Gasteiger partial charge in [0.25, 0.3) is 0 Å². The highest BCUT2D eigenvalue weighted by atomic mass is 16.5. The summed E-state index contributed by atoms with van der Waals surface area (Å²) >= 11 is 0. The SMILES string of the molecule is CCC1CCCCC1OCc1cccc(C(=N)N)c1. The summed E-state index contributed by atoms with van der Waals surface area (Å²) in [6.07, 6.45) is 6.73. The van der Waals surface area contributed by atoms with Crippen LogP contribution in [0.15, 0.2) is 24.3 Å². The third kappa shape index (κ3) is 3.80. The Morgan fingerprint density at radius 3 is 2.89 bits per heavy atom. The Morgan fingerprint density at radius 2 is 2.16 bits per heavy atom. The molecule has 0 aliphatic heterocycles. The molecule has 2 atom stereocenters. The van der Waals surface area contributed by atoms with Gasteiger partial charge in [-0.1, -0.05) is 44.4 Å². The van der Waals surface area contributed by atoms with Gasteiger partial charge in [-0.3, -0.25) is 5.41 Å². The molecule has 1 aliphatic carbocycles. The van der Waals surface area contributed by atoms with E-state index in [9.17, 15) is 0 Å². The summed E-state index contributed by atoms with van der Waals surface area (Å²) < 4.78 is 6.10. The molecule has 3 heteroatoms. The number of amidine groups is 1. The van der Waals surface area contributed by atoms with Crippen molar-refractivity contribution in [3.8, 4) is 0 Å². The molecule has 3 N–H and O–H groups in total. The predicted molar refractivity (Wildman–Crippen MR) is 78.3 cm³/mol. The van der Waals surface area contributed by atoms with Crippen LogP contribution in [0.2, 0.25) is 0 Å². The van der Waals surface area contributed by atoms with Crippen molar-refractivity contribution < 1.29 is 4.74 Å². The molecule has 19 heavy (non-hydrogen) atoms. The second kappa shape index (κ2) is 6.71. The molecule has 0 amide bonds. The molecule has 0 radical (unpaired) electrons.